The van der Waals surface area contributed by atoms with Gasteiger partial charge in [0.05, 0.1) is 7.11 Å². The average Bonchev–Trinajstić information content (AvgIpc) is 2.29. The van der Waals surface area contributed by atoms with E-state index < -0.39 is 5.97 Å². The molecular formula is C12H13ClO3. The molecule has 3 nitrogen and oxygen atoms in total. The van der Waals surface area contributed by atoms with Crippen molar-refractivity contribution in [1.29, 1.82) is 0 Å². The molecule has 0 aliphatic heterocycles. The van der Waals surface area contributed by atoms with Crippen molar-refractivity contribution in [1.82, 2.24) is 0 Å². The fraction of sp³-hybridized carbons (Fsp3) is 0.250. The van der Waals surface area contributed by atoms with Crippen LogP contribution in [0, 0.1) is 0 Å². The fourth-order valence-electron chi connectivity index (χ4n) is 1.13. The third-order valence-electron chi connectivity index (χ3n) is 1.93. The molecule has 0 aromatic heterocycles. The predicted molar refractivity (Wildman–Crippen MR) is 63.1 cm³/mol. The van der Waals surface area contributed by atoms with Crippen LogP contribution < -0.4 is 4.74 Å². The molecule has 0 amide bonds. The lowest BCUT2D eigenvalue weighted by Crippen LogP contribution is -2.07. The Bertz CT molecular complexity index is 399. The van der Waals surface area contributed by atoms with Gasteiger partial charge in [-0.25, -0.2) is 4.79 Å². The molecule has 0 bridgehead atoms. The molecule has 1 aromatic carbocycles. The van der Waals surface area contributed by atoms with E-state index in [1.54, 1.807) is 24.3 Å². The zero-order valence-corrected chi connectivity index (χ0v) is 9.95. The fourth-order valence-corrected chi connectivity index (χ4v) is 1.29. The molecule has 0 aliphatic rings. The number of carbonyl (C=O) groups is 1. The van der Waals surface area contributed by atoms with Gasteiger partial charge in [0.2, 0.25) is 0 Å². The van der Waals surface area contributed by atoms with Gasteiger partial charge in [-0.2, -0.15) is 0 Å². The molecule has 0 aliphatic carbocycles. The molecule has 0 spiro atoms. The molecule has 0 unspecified atom stereocenters. The van der Waals surface area contributed by atoms with Crippen LogP contribution in [0.25, 0.3) is 0 Å². The molecule has 0 saturated carbocycles. The van der Waals surface area contributed by atoms with Gasteiger partial charge in [0, 0.05) is 5.02 Å². The van der Waals surface area contributed by atoms with Crippen LogP contribution in [0.2, 0.25) is 5.02 Å². The Morgan fingerprint density at radius 3 is 2.88 bits per heavy atom. The average molecular weight is 241 g/mol. The molecule has 0 atom stereocenters. The van der Waals surface area contributed by atoms with Crippen molar-refractivity contribution in [2.45, 2.75) is 6.92 Å². The largest absolute Gasteiger partial charge is 0.496 e. The number of rotatable bonds is 4. The van der Waals surface area contributed by atoms with E-state index in [0.29, 0.717) is 16.3 Å². The molecule has 0 saturated heterocycles. The van der Waals surface area contributed by atoms with Gasteiger partial charge >= 0.3 is 5.97 Å². The van der Waals surface area contributed by atoms with E-state index in [1.807, 2.05) is 13.0 Å². The molecule has 0 heterocycles. The predicted octanol–water partition coefficient (Wildman–Crippen LogP) is 3.08. The molecule has 0 radical (unpaired) electrons. The summed E-state index contributed by atoms with van der Waals surface area (Å²) in [5, 5.41) is 0.516. The number of ether oxygens (including phenoxy) is 2. The summed E-state index contributed by atoms with van der Waals surface area (Å²) < 4.78 is 10.1. The van der Waals surface area contributed by atoms with Crippen LogP contribution in [0.5, 0.6) is 5.75 Å². The molecule has 16 heavy (non-hydrogen) atoms. The van der Waals surface area contributed by atoms with Gasteiger partial charge in [-0.1, -0.05) is 23.8 Å². The summed E-state index contributed by atoms with van der Waals surface area (Å²) in [5.41, 5.74) is 0.372. The van der Waals surface area contributed by atoms with Crippen molar-refractivity contribution in [2.24, 2.45) is 0 Å². The third-order valence-corrected chi connectivity index (χ3v) is 2.16. The maximum atomic E-state index is 11.6. The zero-order valence-electron chi connectivity index (χ0n) is 9.20. The molecule has 0 N–H and O–H groups in total. The molecule has 0 fully saturated rings. The number of methoxy groups -OCH3 is 1. The van der Waals surface area contributed by atoms with Crippen molar-refractivity contribution >= 4 is 17.6 Å². The standard InChI is InChI=1S/C12H13ClO3/c1-3-4-7-16-12(14)10-6-5-9(13)8-11(10)15-2/h3-6,8H,7H2,1-2H3. The normalized spacial score (nSPS) is 10.4. The van der Waals surface area contributed by atoms with Gasteiger partial charge in [0.15, 0.2) is 0 Å². The smallest absolute Gasteiger partial charge is 0.342 e. The van der Waals surface area contributed by atoms with E-state index in [2.05, 4.69) is 0 Å². The molecular weight excluding hydrogens is 228 g/mol. The van der Waals surface area contributed by atoms with Crippen molar-refractivity contribution in [3.05, 3.63) is 40.9 Å². The van der Waals surface area contributed by atoms with Crippen LogP contribution in [-0.2, 0) is 4.74 Å². The summed E-state index contributed by atoms with van der Waals surface area (Å²) in [4.78, 5) is 11.6. The Hall–Kier alpha value is -1.48. The first-order valence-corrected chi connectivity index (χ1v) is 5.18. The number of carbonyl (C=O) groups excluding carboxylic acids is 1. The number of benzene rings is 1. The summed E-state index contributed by atoms with van der Waals surface area (Å²) >= 11 is 5.78. The number of allylic oxidation sites excluding steroid dienone is 1. The second-order valence-corrected chi connectivity index (χ2v) is 3.45. The van der Waals surface area contributed by atoms with Gasteiger partial charge in [0.1, 0.15) is 17.9 Å². The Balaban J connectivity index is 2.82. The van der Waals surface area contributed by atoms with Crippen LogP contribution in [0.1, 0.15) is 17.3 Å². The SMILES string of the molecule is CC=CCOC(=O)c1ccc(Cl)cc1OC. The first kappa shape index (κ1) is 12.6. The Kier molecular flexibility index (Phi) is 4.86. The monoisotopic (exact) mass is 240 g/mol. The van der Waals surface area contributed by atoms with Crippen molar-refractivity contribution < 1.29 is 14.3 Å². The van der Waals surface area contributed by atoms with Crippen molar-refractivity contribution in [2.75, 3.05) is 13.7 Å². The second kappa shape index (κ2) is 6.18. The maximum Gasteiger partial charge on any atom is 0.342 e. The van der Waals surface area contributed by atoms with Gasteiger partial charge in [-0.15, -0.1) is 0 Å². The first-order valence-electron chi connectivity index (χ1n) is 4.81. The van der Waals surface area contributed by atoms with Gasteiger partial charge < -0.3 is 9.47 Å². The van der Waals surface area contributed by atoms with Gasteiger partial charge in [-0.3, -0.25) is 0 Å². The highest BCUT2D eigenvalue weighted by Gasteiger charge is 2.13. The van der Waals surface area contributed by atoms with Crippen LogP contribution in [0.4, 0.5) is 0 Å². The highest BCUT2D eigenvalue weighted by Crippen LogP contribution is 2.23. The minimum absolute atomic E-state index is 0.251. The van der Waals surface area contributed by atoms with Crippen LogP contribution in [0.3, 0.4) is 0 Å². The lowest BCUT2D eigenvalue weighted by atomic mass is 10.2. The molecule has 1 rings (SSSR count). The number of hydrogen-bond acceptors (Lipinski definition) is 3. The van der Waals surface area contributed by atoms with E-state index in [1.165, 1.54) is 7.11 Å². The summed E-state index contributed by atoms with van der Waals surface area (Å²) in [6.45, 7) is 2.11. The van der Waals surface area contributed by atoms with Gasteiger partial charge in [0.25, 0.3) is 0 Å². The Labute approximate surface area is 99.6 Å². The quantitative estimate of drug-likeness (QED) is 0.599. The summed E-state index contributed by atoms with van der Waals surface area (Å²) in [5.74, 6) is -0.00963. The lowest BCUT2D eigenvalue weighted by Gasteiger charge is -2.07. The third kappa shape index (κ3) is 3.28. The number of hydrogen-bond donors (Lipinski definition) is 0. The van der Waals surface area contributed by atoms with Crippen LogP contribution in [-0.4, -0.2) is 19.7 Å². The summed E-state index contributed by atoms with van der Waals surface area (Å²) in [6, 6.07) is 4.78. The van der Waals surface area contributed by atoms with Crippen molar-refractivity contribution in [3.8, 4) is 5.75 Å². The minimum atomic E-state index is -0.424. The lowest BCUT2D eigenvalue weighted by molar-refractivity contribution is 0.0546. The van der Waals surface area contributed by atoms with Gasteiger partial charge in [-0.05, 0) is 25.1 Å². The number of halogens is 1. The van der Waals surface area contributed by atoms with E-state index >= 15 is 0 Å². The topological polar surface area (TPSA) is 35.5 Å². The van der Waals surface area contributed by atoms with E-state index in [4.69, 9.17) is 21.1 Å². The second-order valence-electron chi connectivity index (χ2n) is 3.01. The summed E-state index contributed by atoms with van der Waals surface area (Å²) in [7, 11) is 1.48. The van der Waals surface area contributed by atoms with Crippen LogP contribution >= 0.6 is 11.6 Å². The van der Waals surface area contributed by atoms with E-state index in [0.717, 1.165) is 0 Å². The molecule has 86 valence electrons. The number of esters is 1. The van der Waals surface area contributed by atoms with E-state index in [-0.39, 0.29) is 6.61 Å². The highest BCUT2D eigenvalue weighted by atomic mass is 35.5. The van der Waals surface area contributed by atoms with E-state index in [9.17, 15) is 4.79 Å². The first-order chi connectivity index (χ1) is 7.69. The molecule has 4 heteroatoms. The summed E-state index contributed by atoms with van der Waals surface area (Å²) in [6.07, 6.45) is 3.56. The maximum absolute atomic E-state index is 11.6. The zero-order chi connectivity index (χ0) is 12.0. The van der Waals surface area contributed by atoms with Crippen LogP contribution in [0.15, 0.2) is 30.4 Å². The Morgan fingerprint density at radius 2 is 2.25 bits per heavy atom. The minimum Gasteiger partial charge on any atom is -0.496 e. The molecule has 1 aromatic rings. The Morgan fingerprint density at radius 1 is 1.50 bits per heavy atom. The van der Waals surface area contributed by atoms with Crippen molar-refractivity contribution in [3.63, 3.8) is 0 Å². The highest BCUT2D eigenvalue weighted by molar-refractivity contribution is 6.30.